The number of likely N-dealkylation sites (tertiary alicyclic amines) is 2. The zero-order valence-corrected chi connectivity index (χ0v) is 12.3. The van der Waals surface area contributed by atoms with Crippen molar-refractivity contribution in [2.75, 3.05) is 32.8 Å². The van der Waals surface area contributed by atoms with Gasteiger partial charge in [-0.05, 0) is 37.6 Å². The molecule has 2 heterocycles. The van der Waals surface area contributed by atoms with Crippen LogP contribution in [-0.4, -0.2) is 59.6 Å². The van der Waals surface area contributed by atoms with E-state index in [0.717, 1.165) is 32.5 Å². The Balaban J connectivity index is 1.88. The molecule has 2 rings (SSSR count). The van der Waals surface area contributed by atoms with Crippen LogP contribution in [0.1, 0.15) is 39.5 Å². The van der Waals surface area contributed by atoms with Crippen molar-refractivity contribution in [2.45, 2.75) is 45.6 Å². The summed E-state index contributed by atoms with van der Waals surface area (Å²) in [6.07, 6.45) is 4.58. The zero-order chi connectivity index (χ0) is 13.8. The summed E-state index contributed by atoms with van der Waals surface area (Å²) in [5.41, 5.74) is 0. The predicted octanol–water partition coefficient (Wildman–Crippen LogP) is 1.34. The van der Waals surface area contributed by atoms with Gasteiger partial charge in [-0.15, -0.1) is 0 Å². The maximum atomic E-state index is 12.4. The van der Waals surface area contributed by atoms with Crippen molar-refractivity contribution in [3.8, 4) is 0 Å². The monoisotopic (exact) mass is 268 g/mol. The minimum atomic E-state index is 0.181. The Hall–Kier alpha value is -0.610. The van der Waals surface area contributed by atoms with Gasteiger partial charge in [0.05, 0.1) is 13.2 Å². The largest absolute Gasteiger partial charge is 0.395 e. The SMILES string of the molecule is CC1CC(C)CN(C(=O)CN2CCCCC2CO)C1. The standard InChI is InChI=1S/C15H28N2O2/c1-12-7-13(2)9-17(8-12)15(19)10-16-6-4-3-5-14(16)11-18/h12-14,18H,3-11H2,1-2H3. The smallest absolute Gasteiger partial charge is 0.236 e. The van der Waals surface area contributed by atoms with Gasteiger partial charge in [0.25, 0.3) is 0 Å². The number of rotatable bonds is 3. The van der Waals surface area contributed by atoms with Crippen LogP contribution in [0.15, 0.2) is 0 Å². The summed E-state index contributed by atoms with van der Waals surface area (Å²) >= 11 is 0. The molecule has 0 saturated carbocycles. The van der Waals surface area contributed by atoms with E-state index in [-0.39, 0.29) is 18.6 Å². The normalized spacial score (nSPS) is 33.4. The first kappa shape index (κ1) is 14.8. The molecule has 2 aliphatic heterocycles. The number of hydrogen-bond donors (Lipinski definition) is 1. The third kappa shape index (κ3) is 3.93. The van der Waals surface area contributed by atoms with Gasteiger partial charge in [0.2, 0.25) is 5.91 Å². The van der Waals surface area contributed by atoms with Crippen molar-refractivity contribution in [1.82, 2.24) is 9.80 Å². The molecule has 2 saturated heterocycles. The first-order valence-electron chi connectivity index (χ1n) is 7.72. The lowest BCUT2D eigenvalue weighted by molar-refractivity contribution is -0.136. The molecule has 4 nitrogen and oxygen atoms in total. The molecule has 0 bridgehead atoms. The number of aliphatic hydroxyl groups is 1. The van der Waals surface area contributed by atoms with E-state index in [2.05, 4.69) is 18.7 Å². The molecular formula is C15H28N2O2. The number of nitrogens with zero attached hydrogens (tertiary/aromatic N) is 2. The van der Waals surface area contributed by atoms with Crippen LogP contribution < -0.4 is 0 Å². The molecule has 19 heavy (non-hydrogen) atoms. The minimum absolute atomic E-state index is 0.181. The summed E-state index contributed by atoms with van der Waals surface area (Å²) in [5, 5.41) is 9.40. The van der Waals surface area contributed by atoms with Gasteiger partial charge in [0.15, 0.2) is 0 Å². The second kappa shape index (κ2) is 6.71. The Morgan fingerprint density at radius 2 is 1.89 bits per heavy atom. The zero-order valence-electron chi connectivity index (χ0n) is 12.3. The topological polar surface area (TPSA) is 43.8 Å². The van der Waals surface area contributed by atoms with Crippen LogP contribution in [0.3, 0.4) is 0 Å². The number of aliphatic hydroxyl groups excluding tert-OH is 1. The van der Waals surface area contributed by atoms with Gasteiger partial charge >= 0.3 is 0 Å². The quantitative estimate of drug-likeness (QED) is 0.840. The van der Waals surface area contributed by atoms with Crippen molar-refractivity contribution in [1.29, 1.82) is 0 Å². The average molecular weight is 268 g/mol. The Kier molecular flexibility index (Phi) is 5.22. The lowest BCUT2D eigenvalue weighted by atomic mass is 9.92. The van der Waals surface area contributed by atoms with Gasteiger partial charge < -0.3 is 10.0 Å². The number of piperidine rings is 2. The Morgan fingerprint density at radius 3 is 2.53 bits per heavy atom. The van der Waals surface area contributed by atoms with Crippen molar-refractivity contribution in [2.24, 2.45) is 11.8 Å². The van der Waals surface area contributed by atoms with Gasteiger partial charge in [-0.25, -0.2) is 0 Å². The lowest BCUT2D eigenvalue weighted by Gasteiger charge is -2.39. The van der Waals surface area contributed by atoms with Gasteiger partial charge in [0.1, 0.15) is 0 Å². The van der Waals surface area contributed by atoms with Crippen molar-refractivity contribution >= 4 is 5.91 Å². The highest BCUT2D eigenvalue weighted by atomic mass is 16.3. The molecule has 4 heteroatoms. The highest BCUT2D eigenvalue weighted by Crippen LogP contribution is 2.22. The second-order valence-corrected chi connectivity index (χ2v) is 6.55. The number of amides is 1. The van der Waals surface area contributed by atoms with Crippen LogP contribution >= 0.6 is 0 Å². The fraction of sp³-hybridized carbons (Fsp3) is 0.933. The number of hydrogen-bond acceptors (Lipinski definition) is 3. The summed E-state index contributed by atoms with van der Waals surface area (Å²) in [7, 11) is 0. The molecule has 0 radical (unpaired) electrons. The highest BCUT2D eigenvalue weighted by molar-refractivity contribution is 5.78. The van der Waals surface area contributed by atoms with E-state index < -0.39 is 0 Å². The van der Waals surface area contributed by atoms with E-state index in [1.807, 2.05) is 4.90 Å². The molecule has 3 atom stereocenters. The Bertz CT molecular complexity index is 299. The number of carbonyl (C=O) groups is 1. The van der Waals surface area contributed by atoms with Gasteiger partial charge in [-0.1, -0.05) is 20.3 Å². The molecule has 2 aliphatic rings. The predicted molar refractivity (Wildman–Crippen MR) is 75.8 cm³/mol. The maximum Gasteiger partial charge on any atom is 0.236 e. The van der Waals surface area contributed by atoms with E-state index in [0.29, 0.717) is 18.4 Å². The molecule has 110 valence electrons. The van der Waals surface area contributed by atoms with Crippen LogP contribution in [0.25, 0.3) is 0 Å². The van der Waals surface area contributed by atoms with Crippen LogP contribution in [0.2, 0.25) is 0 Å². The van der Waals surface area contributed by atoms with E-state index >= 15 is 0 Å². The van der Waals surface area contributed by atoms with Crippen molar-refractivity contribution < 1.29 is 9.90 Å². The Morgan fingerprint density at radius 1 is 1.21 bits per heavy atom. The molecule has 1 N–H and O–H groups in total. The van der Waals surface area contributed by atoms with Crippen LogP contribution in [0.5, 0.6) is 0 Å². The number of carbonyl (C=O) groups excluding carboxylic acids is 1. The van der Waals surface area contributed by atoms with Gasteiger partial charge in [-0.2, -0.15) is 0 Å². The summed E-state index contributed by atoms with van der Waals surface area (Å²) in [6.45, 7) is 7.89. The minimum Gasteiger partial charge on any atom is -0.395 e. The first-order valence-corrected chi connectivity index (χ1v) is 7.72. The summed E-state index contributed by atoms with van der Waals surface area (Å²) < 4.78 is 0. The third-order valence-corrected chi connectivity index (χ3v) is 4.52. The molecule has 0 aromatic carbocycles. The van der Waals surface area contributed by atoms with E-state index in [1.54, 1.807) is 0 Å². The average Bonchev–Trinajstić information content (AvgIpc) is 2.38. The second-order valence-electron chi connectivity index (χ2n) is 6.55. The van der Waals surface area contributed by atoms with E-state index in [1.165, 1.54) is 12.8 Å². The van der Waals surface area contributed by atoms with Gasteiger partial charge in [-0.3, -0.25) is 9.69 Å². The highest BCUT2D eigenvalue weighted by Gasteiger charge is 2.29. The van der Waals surface area contributed by atoms with E-state index in [9.17, 15) is 9.90 Å². The third-order valence-electron chi connectivity index (χ3n) is 4.52. The Labute approximate surface area is 116 Å². The van der Waals surface area contributed by atoms with Crippen LogP contribution in [0, 0.1) is 11.8 Å². The molecule has 3 unspecified atom stereocenters. The fourth-order valence-electron chi connectivity index (χ4n) is 3.62. The molecule has 2 fully saturated rings. The van der Waals surface area contributed by atoms with Crippen LogP contribution in [-0.2, 0) is 4.79 Å². The van der Waals surface area contributed by atoms with Crippen molar-refractivity contribution in [3.63, 3.8) is 0 Å². The molecule has 1 amide bonds. The summed E-state index contributed by atoms with van der Waals surface area (Å²) in [5.74, 6) is 1.48. The van der Waals surface area contributed by atoms with Crippen LogP contribution in [0.4, 0.5) is 0 Å². The molecule has 0 aliphatic carbocycles. The van der Waals surface area contributed by atoms with Crippen molar-refractivity contribution in [3.05, 3.63) is 0 Å². The molecule has 0 spiro atoms. The van der Waals surface area contributed by atoms with E-state index in [4.69, 9.17) is 0 Å². The molecular weight excluding hydrogens is 240 g/mol. The summed E-state index contributed by atoms with van der Waals surface area (Å²) in [6, 6.07) is 0.192. The first-order chi connectivity index (χ1) is 9.10. The lowest BCUT2D eigenvalue weighted by Crippen LogP contribution is -2.50. The fourth-order valence-corrected chi connectivity index (χ4v) is 3.62. The molecule has 0 aromatic heterocycles. The maximum absolute atomic E-state index is 12.4. The van der Waals surface area contributed by atoms with Gasteiger partial charge in [0, 0.05) is 19.1 Å². The molecule has 0 aromatic rings. The summed E-state index contributed by atoms with van der Waals surface area (Å²) in [4.78, 5) is 16.6.